The van der Waals surface area contributed by atoms with Crippen LogP contribution in [0.5, 0.6) is 5.75 Å². The van der Waals surface area contributed by atoms with Crippen molar-refractivity contribution in [3.8, 4) is 22.7 Å². The summed E-state index contributed by atoms with van der Waals surface area (Å²) in [5, 5.41) is 4.59. The minimum absolute atomic E-state index is 0.135. The van der Waals surface area contributed by atoms with Gasteiger partial charge in [0.05, 0.1) is 36.2 Å². The highest BCUT2D eigenvalue weighted by atomic mass is 16.5. The second-order valence-corrected chi connectivity index (χ2v) is 8.67. The second kappa shape index (κ2) is 10.2. The Morgan fingerprint density at radius 2 is 1.67 bits per heavy atom. The summed E-state index contributed by atoms with van der Waals surface area (Å²) in [5.41, 5.74) is 2.66. The van der Waals surface area contributed by atoms with Crippen molar-refractivity contribution in [3.05, 3.63) is 82.9 Å². The van der Waals surface area contributed by atoms with E-state index in [2.05, 4.69) is 10.00 Å². The molecule has 5 rings (SSSR count). The number of carbonyl (C=O) groups is 1. The highest BCUT2D eigenvalue weighted by molar-refractivity contribution is 6.00. The number of piperazine rings is 1. The maximum atomic E-state index is 13.7. The van der Waals surface area contributed by atoms with Crippen LogP contribution in [0.3, 0.4) is 0 Å². The summed E-state index contributed by atoms with van der Waals surface area (Å²) < 4.78 is 13.9. The minimum Gasteiger partial charge on any atom is -0.495 e. The number of ether oxygens (including phenoxy) is 2. The van der Waals surface area contributed by atoms with Crippen LogP contribution in [0.4, 0.5) is 5.69 Å². The molecule has 0 N–H and O–H groups in total. The number of anilines is 1. The zero-order valence-corrected chi connectivity index (χ0v) is 20.5. The number of amides is 1. The van der Waals surface area contributed by atoms with Crippen molar-refractivity contribution in [1.29, 1.82) is 0 Å². The van der Waals surface area contributed by atoms with E-state index >= 15 is 0 Å². The normalized spacial score (nSPS) is 13.8. The number of pyridine rings is 1. The summed E-state index contributed by atoms with van der Waals surface area (Å²) in [7, 11) is 3.29. The van der Waals surface area contributed by atoms with Crippen molar-refractivity contribution in [2.45, 2.75) is 6.54 Å². The zero-order chi connectivity index (χ0) is 25.1. The largest absolute Gasteiger partial charge is 0.495 e. The molecule has 3 aliphatic rings. The smallest absolute Gasteiger partial charge is 0.282 e. The Morgan fingerprint density at radius 3 is 2.39 bits per heavy atom. The molecule has 2 aromatic carbocycles. The van der Waals surface area contributed by atoms with Gasteiger partial charge in [-0.15, -0.1) is 0 Å². The van der Waals surface area contributed by atoms with Crippen LogP contribution < -0.4 is 15.2 Å². The van der Waals surface area contributed by atoms with Crippen molar-refractivity contribution < 1.29 is 14.3 Å². The molecule has 3 aliphatic heterocycles. The molecule has 1 amide bonds. The number of nitrogens with zero attached hydrogens (tertiary/aromatic N) is 5. The average Bonchev–Trinajstić information content (AvgIpc) is 3.27. The third-order valence-electron chi connectivity index (χ3n) is 6.50. The van der Waals surface area contributed by atoms with Crippen molar-refractivity contribution >= 4 is 11.6 Å². The van der Waals surface area contributed by atoms with Crippen LogP contribution in [-0.2, 0) is 11.3 Å². The molecule has 0 spiro atoms. The Kier molecular flexibility index (Phi) is 6.73. The number of para-hydroxylation sites is 3. The third-order valence-corrected chi connectivity index (χ3v) is 6.50. The fourth-order valence-corrected chi connectivity index (χ4v) is 4.60. The van der Waals surface area contributed by atoms with Crippen LogP contribution in [0.15, 0.2) is 71.8 Å². The molecule has 2 aromatic rings. The Labute approximate surface area is 209 Å². The van der Waals surface area contributed by atoms with Crippen LogP contribution in [0.1, 0.15) is 10.4 Å². The van der Waals surface area contributed by atoms with Gasteiger partial charge in [0.1, 0.15) is 11.4 Å². The van der Waals surface area contributed by atoms with Crippen LogP contribution in [-0.4, -0.2) is 72.2 Å². The van der Waals surface area contributed by atoms with E-state index in [1.165, 1.54) is 4.68 Å². The second-order valence-electron chi connectivity index (χ2n) is 8.67. The standard InChI is InChI=1S/C27H29N5O4/c1-35-17-16-29-18-21(25-22(19-29)27(34)32(28-25)20-8-4-3-5-9-20)26(33)31-14-12-30(13-15-31)23-10-6-7-11-24(23)36-2/h3-11,18-19H,12-17H2,1-2H3. The Balaban J connectivity index is 1.46. The molecule has 0 radical (unpaired) electrons. The van der Waals surface area contributed by atoms with Crippen LogP contribution in [0.25, 0.3) is 16.9 Å². The maximum absolute atomic E-state index is 13.7. The Hall–Kier alpha value is -4.11. The lowest BCUT2D eigenvalue weighted by Crippen LogP contribution is -2.49. The molecular weight excluding hydrogens is 458 g/mol. The molecule has 0 aliphatic carbocycles. The van der Waals surface area contributed by atoms with Crippen LogP contribution in [0, 0.1) is 0 Å². The van der Waals surface area contributed by atoms with E-state index in [9.17, 15) is 9.59 Å². The molecule has 1 fully saturated rings. The number of fused-ring (bicyclic) bond motifs is 1. The fraction of sp³-hybridized carbons (Fsp3) is 0.296. The summed E-state index contributed by atoms with van der Waals surface area (Å²) in [6.45, 7) is 3.44. The number of aromatic nitrogens is 3. The van der Waals surface area contributed by atoms with E-state index in [1.54, 1.807) is 26.6 Å². The van der Waals surface area contributed by atoms with Gasteiger partial charge in [-0.1, -0.05) is 30.3 Å². The Morgan fingerprint density at radius 1 is 0.944 bits per heavy atom. The molecule has 0 saturated carbocycles. The predicted molar refractivity (Wildman–Crippen MR) is 137 cm³/mol. The van der Waals surface area contributed by atoms with E-state index in [0.29, 0.717) is 61.8 Å². The van der Waals surface area contributed by atoms with Gasteiger partial charge in [0.15, 0.2) is 0 Å². The van der Waals surface area contributed by atoms with Crippen molar-refractivity contribution in [2.75, 3.05) is 51.9 Å². The topological polar surface area (TPSA) is 81.8 Å². The number of rotatable bonds is 7. The van der Waals surface area contributed by atoms with E-state index in [4.69, 9.17) is 9.47 Å². The quantitative estimate of drug-likeness (QED) is 0.399. The number of hydrogen-bond acceptors (Lipinski definition) is 6. The van der Waals surface area contributed by atoms with E-state index in [-0.39, 0.29) is 11.5 Å². The highest BCUT2D eigenvalue weighted by Gasteiger charge is 2.29. The fourth-order valence-electron chi connectivity index (χ4n) is 4.60. The minimum atomic E-state index is -0.252. The van der Waals surface area contributed by atoms with Crippen molar-refractivity contribution in [3.63, 3.8) is 0 Å². The van der Waals surface area contributed by atoms with E-state index < -0.39 is 0 Å². The first-order valence-corrected chi connectivity index (χ1v) is 11.9. The maximum Gasteiger partial charge on any atom is 0.282 e. The van der Waals surface area contributed by atoms with Gasteiger partial charge < -0.3 is 23.8 Å². The van der Waals surface area contributed by atoms with E-state index in [0.717, 1.165) is 11.4 Å². The highest BCUT2D eigenvalue weighted by Crippen LogP contribution is 2.29. The monoisotopic (exact) mass is 487 g/mol. The average molecular weight is 488 g/mol. The molecule has 3 heterocycles. The lowest BCUT2D eigenvalue weighted by atomic mass is 10.1. The molecule has 0 unspecified atom stereocenters. The van der Waals surface area contributed by atoms with Crippen LogP contribution >= 0.6 is 0 Å². The molecule has 9 heteroatoms. The summed E-state index contributed by atoms with van der Waals surface area (Å²) in [5.74, 6) is 0.680. The van der Waals surface area contributed by atoms with Gasteiger partial charge >= 0.3 is 0 Å². The first-order chi connectivity index (χ1) is 17.6. The predicted octanol–water partition coefficient (Wildman–Crippen LogP) is 2.76. The van der Waals surface area contributed by atoms with Gasteiger partial charge in [-0.05, 0) is 24.3 Å². The SMILES string of the molecule is COCCn1cc(C(=O)N2CCN(c3ccccc3OC)CC2)c2nn(-c3ccccc3)c(=O)c-2c1. The number of methoxy groups -OCH3 is 2. The number of carbonyl (C=O) groups excluding carboxylic acids is 1. The van der Waals surface area contributed by atoms with Gasteiger partial charge in [-0.3, -0.25) is 9.59 Å². The Bertz CT molecular complexity index is 1370. The summed E-state index contributed by atoms with van der Waals surface area (Å²) in [6, 6.07) is 17.1. The molecule has 0 atom stereocenters. The molecule has 186 valence electrons. The van der Waals surface area contributed by atoms with Gasteiger partial charge in [0.25, 0.3) is 11.5 Å². The molecule has 9 nitrogen and oxygen atoms in total. The number of benzene rings is 2. The van der Waals surface area contributed by atoms with Gasteiger partial charge in [-0.2, -0.15) is 9.78 Å². The first-order valence-electron chi connectivity index (χ1n) is 11.9. The van der Waals surface area contributed by atoms with Crippen LogP contribution in [0.2, 0.25) is 0 Å². The number of hydrogen-bond donors (Lipinski definition) is 0. The lowest BCUT2D eigenvalue weighted by Gasteiger charge is -2.36. The lowest BCUT2D eigenvalue weighted by molar-refractivity contribution is 0.0746. The zero-order valence-electron chi connectivity index (χ0n) is 20.5. The van der Waals surface area contributed by atoms with Crippen molar-refractivity contribution in [2.24, 2.45) is 0 Å². The van der Waals surface area contributed by atoms with Gasteiger partial charge in [-0.25, -0.2) is 0 Å². The van der Waals surface area contributed by atoms with Crippen molar-refractivity contribution in [1.82, 2.24) is 19.2 Å². The molecule has 0 bridgehead atoms. The summed E-state index contributed by atoms with van der Waals surface area (Å²) in [4.78, 5) is 31.1. The third kappa shape index (κ3) is 4.45. The molecule has 1 saturated heterocycles. The molecule has 0 aromatic heterocycles. The molecule has 36 heavy (non-hydrogen) atoms. The van der Waals surface area contributed by atoms with E-state index in [1.807, 2.05) is 64.1 Å². The van der Waals surface area contributed by atoms with Gasteiger partial charge in [0.2, 0.25) is 0 Å². The van der Waals surface area contributed by atoms with Gasteiger partial charge in [0, 0.05) is 52.2 Å². The molecular formula is C27H29N5O4. The first kappa shape index (κ1) is 23.6. The summed E-state index contributed by atoms with van der Waals surface area (Å²) in [6.07, 6.45) is 3.53. The summed E-state index contributed by atoms with van der Waals surface area (Å²) >= 11 is 0.